The summed E-state index contributed by atoms with van der Waals surface area (Å²) >= 11 is 0. The third kappa shape index (κ3) is 0.998. The largest absolute Gasteiger partial charge is 0.341 e. The molecule has 2 nitrogen and oxygen atoms in total. The summed E-state index contributed by atoms with van der Waals surface area (Å²) in [6, 6.07) is 8.53. The zero-order valence-corrected chi connectivity index (χ0v) is 7.00. The van der Waals surface area contributed by atoms with Crippen molar-refractivity contribution >= 4 is 5.91 Å². The lowest BCUT2D eigenvalue weighted by Crippen LogP contribution is -2.33. The molecule has 1 amide bonds. The van der Waals surface area contributed by atoms with E-state index in [9.17, 15) is 4.79 Å². The van der Waals surface area contributed by atoms with E-state index in [1.807, 2.05) is 19.2 Å². The van der Waals surface area contributed by atoms with Crippen LogP contribution in [0.25, 0.3) is 0 Å². The summed E-state index contributed by atoms with van der Waals surface area (Å²) in [6.07, 6.45) is 0.965. The van der Waals surface area contributed by atoms with E-state index in [0.717, 1.165) is 24.1 Å². The van der Waals surface area contributed by atoms with E-state index in [4.69, 9.17) is 0 Å². The average molecular weight is 160 g/mol. The molecule has 1 aliphatic rings. The molecule has 0 atom stereocenters. The number of carbonyl (C=O) groups is 1. The van der Waals surface area contributed by atoms with E-state index in [1.54, 1.807) is 11.0 Å². The van der Waals surface area contributed by atoms with Gasteiger partial charge in [-0.1, -0.05) is 12.1 Å². The smallest absolute Gasteiger partial charge is 0.253 e. The van der Waals surface area contributed by atoms with E-state index in [1.165, 1.54) is 0 Å². The van der Waals surface area contributed by atoms with Crippen LogP contribution in [0.1, 0.15) is 15.9 Å². The predicted molar refractivity (Wildman–Crippen MR) is 45.9 cm³/mol. The zero-order valence-electron chi connectivity index (χ0n) is 7.00. The highest BCUT2D eigenvalue weighted by Crippen LogP contribution is 2.16. The molecule has 1 heterocycles. The molecule has 1 aromatic carbocycles. The third-order valence-electron chi connectivity index (χ3n) is 2.25. The number of hydrogen-bond acceptors (Lipinski definition) is 1. The van der Waals surface area contributed by atoms with Crippen molar-refractivity contribution in [3.8, 4) is 0 Å². The molecule has 0 aliphatic carbocycles. The fraction of sp³-hybridized carbons (Fsp3) is 0.300. The van der Waals surface area contributed by atoms with Crippen molar-refractivity contribution in [1.82, 2.24) is 4.90 Å². The van der Waals surface area contributed by atoms with Gasteiger partial charge in [0.2, 0.25) is 0 Å². The molecule has 0 aromatic heterocycles. The van der Waals surface area contributed by atoms with E-state index < -0.39 is 0 Å². The SMILES string of the molecule is CN1CCc2cc[c]cc2C1=O. The van der Waals surface area contributed by atoms with Gasteiger partial charge in [-0.15, -0.1) is 0 Å². The highest BCUT2D eigenvalue weighted by Gasteiger charge is 2.19. The average Bonchev–Trinajstić information content (AvgIpc) is 2.12. The summed E-state index contributed by atoms with van der Waals surface area (Å²) in [5.74, 6) is 0.119. The Balaban J connectivity index is 2.49. The van der Waals surface area contributed by atoms with Gasteiger partial charge in [0.1, 0.15) is 0 Å². The topological polar surface area (TPSA) is 20.3 Å². The van der Waals surface area contributed by atoms with Gasteiger partial charge in [0.05, 0.1) is 0 Å². The van der Waals surface area contributed by atoms with Crippen LogP contribution in [0.2, 0.25) is 0 Å². The minimum absolute atomic E-state index is 0.119. The lowest BCUT2D eigenvalue weighted by atomic mass is 10.00. The second-order valence-electron chi connectivity index (χ2n) is 3.06. The van der Waals surface area contributed by atoms with Crippen LogP contribution in [0.3, 0.4) is 0 Å². The second kappa shape index (κ2) is 2.63. The molecule has 0 bridgehead atoms. The Morgan fingerprint density at radius 3 is 3.25 bits per heavy atom. The standard InChI is InChI=1S/C10H10NO/c1-11-7-6-8-4-2-3-5-9(8)10(11)12/h2,4-5H,6-7H2,1H3. The van der Waals surface area contributed by atoms with Crippen molar-refractivity contribution in [1.29, 1.82) is 0 Å². The number of fused-ring (bicyclic) bond motifs is 1. The molecule has 2 heteroatoms. The quantitative estimate of drug-likeness (QED) is 0.557. The summed E-state index contributed by atoms with van der Waals surface area (Å²) in [6.45, 7) is 0.829. The molecule has 0 unspecified atom stereocenters. The lowest BCUT2D eigenvalue weighted by Gasteiger charge is -2.24. The molecule has 1 radical (unpaired) electrons. The van der Waals surface area contributed by atoms with Gasteiger partial charge in [-0.05, 0) is 24.1 Å². The Hall–Kier alpha value is -1.31. The molecule has 0 N–H and O–H groups in total. The maximum Gasteiger partial charge on any atom is 0.253 e. The van der Waals surface area contributed by atoms with Crippen LogP contribution in [-0.2, 0) is 6.42 Å². The highest BCUT2D eigenvalue weighted by molar-refractivity contribution is 5.96. The molecule has 0 saturated carbocycles. The van der Waals surface area contributed by atoms with Crippen molar-refractivity contribution in [2.24, 2.45) is 0 Å². The fourth-order valence-corrected chi connectivity index (χ4v) is 1.48. The molecule has 2 rings (SSSR count). The van der Waals surface area contributed by atoms with E-state index in [0.29, 0.717) is 0 Å². The molecule has 1 aromatic rings. The Morgan fingerprint density at radius 1 is 1.58 bits per heavy atom. The minimum atomic E-state index is 0.119. The minimum Gasteiger partial charge on any atom is -0.341 e. The summed E-state index contributed by atoms with van der Waals surface area (Å²) in [4.78, 5) is 13.3. The molecule has 0 saturated heterocycles. The predicted octanol–water partition coefficient (Wildman–Crippen LogP) is 1.11. The normalized spacial score (nSPS) is 16.1. The van der Waals surface area contributed by atoms with Crippen LogP contribution >= 0.6 is 0 Å². The number of amides is 1. The van der Waals surface area contributed by atoms with Crippen LogP contribution in [-0.4, -0.2) is 24.4 Å². The van der Waals surface area contributed by atoms with E-state index in [-0.39, 0.29) is 5.91 Å². The maximum atomic E-state index is 11.5. The van der Waals surface area contributed by atoms with Gasteiger partial charge in [-0.25, -0.2) is 0 Å². The van der Waals surface area contributed by atoms with Crippen molar-refractivity contribution in [3.63, 3.8) is 0 Å². The number of benzene rings is 1. The second-order valence-corrected chi connectivity index (χ2v) is 3.06. The molecule has 1 aliphatic heterocycles. The first kappa shape index (κ1) is 7.35. The monoisotopic (exact) mass is 160 g/mol. The number of carbonyl (C=O) groups excluding carboxylic acids is 1. The summed E-state index contributed by atoms with van der Waals surface area (Å²) in [5, 5.41) is 0. The van der Waals surface area contributed by atoms with Crippen LogP contribution in [0.15, 0.2) is 18.2 Å². The van der Waals surface area contributed by atoms with Gasteiger partial charge < -0.3 is 4.90 Å². The van der Waals surface area contributed by atoms with Gasteiger partial charge in [-0.3, -0.25) is 4.79 Å². The van der Waals surface area contributed by atoms with E-state index in [2.05, 4.69) is 6.07 Å². The van der Waals surface area contributed by atoms with Crippen molar-refractivity contribution in [3.05, 3.63) is 35.4 Å². The van der Waals surface area contributed by atoms with Crippen molar-refractivity contribution in [2.45, 2.75) is 6.42 Å². The lowest BCUT2D eigenvalue weighted by molar-refractivity contribution is 0.0781. The first-order valence-electron chi connectivity index (χ1n) is 4.03. The summed E-state index contributed by atoms with van der Waals surface area (Å²) in [5.41, 5.74) is 1.96. The van der Waals surface area contributed by atoms with Gasteiger partial charge >= 0.3 is 0 Å². The molecular formula is C10H10NO. The Labute approximate surface area is 71.8 Å². The van der Waals surface area contributed by atoms with Crippen LogP contribution < -0.4 is 0 Å². The molecule has 12 heavy (non-hydrogen) atoms. The molecule has 61 valence electrons. The summed E-state index contributed by atoms with van der Waals surface area (Å²) < 4.78 is 0. The molecule has 0 spiro atoms. The first-order chi connectivity index (χ1) is 5.79. The number of nitrogens with zero attached hydrogens (tertiary/aromatic N) is 1. The number of likely N-dealkylation sites (N-methyl/N-ethyl adjacent to an activating group) is 1. The van der Waals surface area contributed by atoms with Crippen molar-refractivity contribution < 1.29 is 4.79 Å². The van der Waals surface area contributed by atoms with Gasteiger partial charge in [-0.2, -0.15) is 0 Å². The van der Waals surface area contributed by atoms with Crippen LogP contribution in [0.4, 0.5) is 0 Å². The Bertz CT molecular complexity index is 319. The van der Waals surface area contributed by atoms with Crippen LogP contribution in [0.5, 0.6) is 0 Å². The molecule has 0 fully saturated rings. The van der Waals surface area contributed by atoms with Gasteiger partial charge in [0, 0.05) is 19.2 Å². The Morgan fingerprint density at radius 2 is 2.42 bits per heavy atom. The van der Waals surface area contributed by atoms with E-state index >= 15 is 0 Å². The van der Waals surface area contributed by atoms with Gasteiger partial charge in [0.15, 0.2) is 0 Å². The first-order valence-corrected chi connectivity index (χ1v) is 4.03. The molecular weight excluding hydrogens is 150 g/mol. The van der Waals surface area contributed by atoms with Crippen molar-refractivity contribution in [2.75, 3.05) is 13.6 Å². The zero-order chi connectivity index (χ0) is 8.55. The maximum absolute atomic E-state index is 11.5. The fourth-order valence-electron chi connectivity index (χ4n) is 1.48. The Kier molecular flexibility index (Phi) is 1.61. The van der Waals surface area contributed by atoms with Crippen LogP contribution in [0, 0.1) is 6.07 Å². The third-order valence-corrected chi connectivity index (χ3v) is 2.25. The number of hydrogen-bond donors (Lipinski definition) is 0. The van der Waals surface area contributed by atoms with Gasteiger partial charge in [0.25, 0.3) is 5.91 Å². The number of rotatable bonds is 0. The highest BCUT2D eigenvalue weighted by atomic mass is 16.2. The summed E-state index contributed by atoms with van der Waals surface area (Å²) in [7, 11) is 1.83.